The molecular weight excluding hydrogens is 190 g/mol. The molecule has 0 aliphatic carbocycles. The molecule has 2 N–H and O–H groups in total. The summed E-state index contributed by atoms with van der Waals surface area (Å²) >= 11 is 0. The Morgan fingerprint density at radius 1 is 1.60 bits per heavy atom. The Kier molecular flexibility index (Phi) is 2.58. The van der Waals surface area contributed by atoms with E-state index < -0.39 is 0 Å². The number of amides is 1. The van der Waals surface area contributed by atoms with Gasteiger partial charge in [-0.25, -0.2) is 4.98 Å². The van der Waals surface area contributed by atoms with Crippen molar-refractivity contribution in [2.45, 2.75) is 26.3 Å². The summed E-state index contributed by atoms with van der Waals surface area (Å²) in [6.45, 7) is 4.15. The van der Waals surface area contributed by atoms with Gasteiger partial charge in [0, 0.05) is 6.20 Å². The number of carbonyl (C=O) groups is 1. The van der Waals surface area contributed by atoms with Crippen molar-refractivity contribution < 1.29 is 4.79 Å². The molecule has 0 saturated heterocycles. The minimum Gasteiger partial charge on any atom is -0.370 e. The predicted molar refractivity (Wildman–Crippen MR) is 59.7 cm³/mol. The third kappa shape index (κ3) is 1.79. The van der Waals surface area contributed by atoms with Gasteiger partial charge in [-0.15, -0.1) is 0 Å². The van der Waals surface area contributed by atoms with Crippen molar-refractivity contribution in [3.63, 3.8) is 0 Å². The molecule has 1 amide bonds. The van der Waals surface area contributed by atoms with E-state index in [2.05, 4.69) is 29.5 Å². The maximum absolute atomic E-state index is 11.7. The van der Waals surface area contributed by atoms with Crippen molar-refractivity contribution in [2.75, 3.05) is 10.6 Å². The minimum absolute atomic E-state index is 0.00977. The van der Waals surface area contributed by atoms with Crippen molar-refractivity contribution in [1.82, 2.24) is 4.98 Å². The maximum Gasteiger partial charge on any atom is 0.248 e. The largest absolute Gasteiger partial charge is 0.370 e. The van der Waals surface area contributed by atoms with Gasteiger partial charge >= 0.3 is 0 Å². The first-order valence-electron chi connectivity index (χ1n) is 5.24. The first-order valence-corrected chi connectivity index (χ1v) is 5.24. The quantitative estimate of drug-likeness (QED) is 0.774. The lowest BCUT2D eigenvalue weighted by atomic mass is 9.97. The van der Waals surface area contributed by atoms with Crippen LogP contribution in [0.5, 0.6) is 0 Å². The highest BCUT2D eigenvalue weighted by atomic mass is 16.2. The molecule has 4 heteroatoms. The third-order valence-corrected chi connectivity index (χ3v) is 2.86. The standard InChI is InChI=1S/C11H15N3O/c1-3-7(2)9-11(15)14-10-8(13-9)5-4-6-12-10/h4-7,9,13H,3H2,1-2H3,(H,12,14,15)/t7-,9-/m0/s1. The zero-order chi connectivity index (χ0) is 10.8. The van der Waals surface area contributed by atoms with Gasteiger partial charge in [0.05, 0.1) is 5.69 Å². The highest BCUT2D eigenvalue weighted by molar-refractivity contribution is 6.01. The van der Waals surface area contributed by atoms with Gasteiger partial charge in [-0.05, 0) is 18.1 Å². The van der Waals surface area contributed by atoms with Crippen LogP contribution >= 0.6 is 0 Å². The Labute approximate surface area is 89.1 Å². The SMILES string of the molecule is CC[C@H](C)[C@@H]1Nc2cccnc2NC1=O. The molecule has 80 valence electrons. The van der Waals surface area contributed by atoms with E-state index in [9.17, 15) is 4.79 Å². The summed E-state index contributed by atoms with van der Waals surface area (Å²) < 4.78 is 0. The van der Waals surface area contributed by atoms with Crippen LogP contribution in [0.25, 0.3) is 0 Å². The van der Waals surface area contributed by atoms with Crippen molar-refractivity contribution in [1.29, 1.82) is 0 Å². The minimum atomic E-state index is -0.147. The van der Waals surface area contributed by atoms with Crippen LogP contribution in [0.2, 0.25) is 0 Å². The van der Waals surface area contributed by atoms with Crippen molar-refractivity contribution >= 4 is 17.4 Å². The number of carbonyl (C=O) groups excluding carboxylic acids is 1. The Morgan fingerprint density at radius 3 is 3.13 bits per heavy atom. The second kappa shape index (κ2) is 3.88. The number of fused-ring (bicyclic) bond motifs is 1. The van der Waals surface area contributed by atoms with Crippen LogP contribution in [-0.4, -0.2) is 16.9 Å². The zero-order valence-corrected chi connectivity index (χ0v) is 8.95. The summed E-state index contributed by atoms with van der Waals surface area (Å²) in [4.78, 5) is 15.8. The zero-order valence-electron chi connectivity index (χ0n) is 8.95. The van der Waals surface area contributed by atoms with E-state index in [1.165, 1.54) is 0 Å². The number of hydrogen-bond donors (Lipinski definition) is 2. The average Bonchev–Trinajstić information content (AvgIpc) is 2.27. The molecule has 2 rings (SSSR count). The van der Waals surface area contributed by atoms with Crippen molar-refractivity contribution in [3.05, 3.63) is 18.3 Å². The van der Waals surface area contributed by atoms with E-state index in [0.29, 0.717) is 11.7 Å². The van der Waals surface area contributed by atoms with Crippen LogP contribution in [0, 0.1) is 5.92 Å². The summed E-state index contributed by atoms with van der Waals surface area (Å²) in [7, 11) is 0. The smallest absolute Gasteiger partial charge is 0.248 e. The molecule has 0 unspecified atom stereocenters. The van der Waals surface area contributed by atoms with Crippen LogP contribution in [-0.2, 0) is 4.79 Å². The Morgan fingerprint density at radius 2 is 2.40 bits per heavy atom. The Bertz CT molecular complexity index is 378. The van der Waals surface area contributed by atoms with Gasteiger partial charge in [0.25, 0.3) is 0 Å². The van der Waals surface area contributed by atoms with Crippen LogP contribution < -0.4 is 10.6 Å². The fourth-order valence-electron chi connectivity index (χ4n) is 1.69. The first kappa shape index (κ1) is 9.96. The fraction of sp³-hybridized carbons (Fsp3) is 0.455. The Balaban J connectivity index is 2.26. The van der Waals surface area contributed by atoms with Gasteiger partial charge < -0.3 is 10.6 Å². The van der Waals surface area contributed by atoms with Gasteiger partial charge in [-0.1, -0.05) is 20.3 Å². The molecule has 0 bridgehead atoms. The molecule has 1 aliphatic rings. The number of rotatable bonds is 2. The molecule has 15 heavy (non-hydrogen) atoms. The van der Waals surface area contributed by atoms with E-state index in [0.717, 1.165) is 12.1 Å². The molecule has 0 saturated carbocycles. The van der Waals surface area contributed by atoms with E-state index in [1.807, 2.05) is 12.1 Å². The molecule has 1 aromatic rings. The number of hydrogen-bond acceptors (Lipinski definition) is 3. The topological polar surface area (TPSA) is 54.0 Å². The second-order valence-corrected chi connectivity index (χ2v) is 3.90. The van der Waals surface area contributed by atoms with Crippen molar-refractivity contribution in [2.24, 2.45) is 5.92 Å². The lowest BCUT2D eigenvalue weighted by Crippen LogP contribution is -2.43. The normalized spacial score (nSPS) is 21.2. The average molecular weight is 205 g/mol. The van der Waals surface area contributed by atoms with E-state index in [1.54, 1.807) is 6.20 Å². The molecule has 2 heterocycles. The number of pyridine rings is 1. The van der Waals surface area contributed by atoms with Crippen LogP contribution in [0.1, 0.15) is 20.3 Å². The van der Waals surface area contributed by atoms with E-state index in [-0.39, 0.29) is 11.9 Å². The number of nitrogens with zero attached hydrogens (tertiary/aromatic N) is 1. The van der Waals surface area contributed by atoms with E-state index >= 15 is 0 Å². The van der Waals surface area contributed by atoms with Gasteiger partial charge in [-0.2, -0.15) is 0 Å². The molecule has 1 aliphatic heterocycles. The Hall–Kier alpha value is -1.58. The maximum atomic E-state index is 11.7. The first-order chi connectivity index (χ1) is 7.22. The van der Waals surface area contributed by atoms with Crippen LogP contribution in [0.15, 0.2) is 18.3 Å². The lowest BCUT2D eigenvalue weighted by molar-refractivity contribution is -0.118. The third-order valence-electron chi connectivity index (χ3n) is 2.86. The highest BCUT2D eigenvalue weighted by Crippen LogP contribution is 2.26. The van der Waals surface area contributed by atoms with E-state index in [4.69, 9.17) is 0 Å². The molecule has 1 aromatic heterocycles. The van der Waals surface area contributed by atoms with Gasteiger partial charge in [0.1, 0.15) is 6.04 Å². The molecule has 0 fully saturated rings. The monoisotopic (exact) mass is 205 g/mol. The summed E-state index contributed by atoms with van der Waals surface area (Å²) in [6.07, 6.45) is 2.64. The molecule has 0 radical (unpaired) electrons. The number of aromatic nitrogens is 1. The summed E-state index contributed by atoms with van der Waals surface area (Å²) in [5, 5.41) is 6.04. The second-order valence-electron chi connectivity index (χ2n) is 3.90. The molecule has 4 nitrogen and oxygen atoms in total. The summed E-state index contributed by atoms with van der Waals surface area (Å²) in [5.74, 6) is 0.955. The summed E-state index contributed by atoms with van der Waals surface area (Å²) in [6, 6.07) is 3.64. The molecule has 0 spiro atoms. The lowest BCUT2D eigenvalue weighted by Gasteiger charge is -2.29. The van der Waals surface area contributed by atoms with Gasteiger partial charge in [0.2, 0.25) is 5.91 Å². The highest BCUT2D eigenvalue weighted by Gasteiger charge is 2.29. The number of nitrogens with one attached hydrogen (secondary N) is 2. The molecule has 0 aromatic carbocycles. The molecular formula is C11H15N3O. The predicted octanol–water partition coefficient (Wildman–Crippen LogP) is 1.86. The van der Waals surface area contributed by atoms with Gasteiger partial charge in [0.15, 0.2) is 5.82 Å². The van der Waals surface area contributed by atoms with Crippen LogP contribution in [0.4, 0.5) is 11.5 Å². The van der Waals surface area contributed by atoms with Gasteiger partial charge in [-0.3, -0.25) is 4.79 Å². The fourth-order valence-corrected chi connectivity index (χ4v) is 1.69. The molecule has 2 atom stereocenters. The number of anilines is 2. The summed E-state index contributed by atoms with van der Waals surface area (Å²) in [5.41, 5.74) is 0.905. The van der Waals surface area contributed by atoms with Crippen LogP contribution in [0.3, 0.4) is 0 Å². The van der Waals surface area contributed by atoms with Crippen molar-refractivity contribution in [3.8, 4) is 0 Å².